The first kappa shape index (κ1) is 53.8. The molecule has 0 aromatic carbocycles. The number of nitrogens with zero attached hydrogens (tertiary/aromatic N) is 1. The summed E-state index contributed by atoms with van der Waals surface area (Å²) >= 11 is 0. The molecule has 0 aromatic rings. The van der Waals surface area contributed by atoms with E-state index in [1.165, 1.54) is 64.2 Å². The van der Waals surface area contributed by atoms with E-state index in [-0.39, 0.29) is 42.7 Å². The van der Waals surface area contributed by atoms with Crippen molar-refractivity contribution in [2.45, 2.75) is 180 Å². The fraction of sp³-hybridized carbons (Fsp3) is 0.694. The van der Waals surface area contributed by atoms with Gasteiger partial charge in [0.2, 0.25) is 0 Å². The number of allylic oxidation sites excluding steroid dienone is 12. The lowest BCUT2D eigenvalue weighted by Crippen LogP contribution is -2.50. The highest BCUT2D eigenvalue weighted by molar-refractivity contribution is 5.72. The van der Waals surface area contributed by atoms with E-state index in [2.05, 4.69) is 86.8 Å². The Bertz CT molecular complexity index is 1160. The summed E-state index contributed by atoms with van der Waals surface area (Å²) in [6.45, 7) is 4.55. The van der Waals surface area contributed by atoms with Crippen LogP contribution >= 0.6 is 0 Å². The Kier molecular flexibility index (Phi) is 37.3. The summed E-state index contributed by atoms with van der Waals surface area (Å²) in [7, 11) is 5.50. The molecule has 0 rings (SSSR count). The molecule has 1 N–H and O–H groups in total. The largest absolute Gasteiger partial charge is 0.477 e. The predicted molar refractivity (Wildman–Crippen MR) is 238 cm³/mol. The van der Waals surface area contributed by atoms with Gasteiger partial charge in [-0.25, -0.2) is 4.79 Å². The van der Waals surface area contributed by atoms with Gasteiger partial charge in [0.1, 0.15) is 6.61 Å². The molecule has 0 bridgehead atoms. The van der Waals surface area contributed by atoms with E-state index >= 15 is 0 Å². The predicted octanol–water partition coefficient (Wildman–Crippen LogP) is 12.4. The van der Waals surface area contributed by atoms with E-state index in [0.29, 0.717) is 19.3 Å². The van der Waals surface area contributed by atoms with Crippen molar-refractivity contribution in [2.24, 2.45) is 0 Å². The molecule has 8 heteroatoms. The van der Waals surface area contributed by atoms with Gasteiger partial charge in [0.05, 0.1) is 34.4 Å². The number of rotatable bonds is 39. The highest BCUT2D eigenvalue weighted by atomic mass is 16.6. The maximum absolute atomic E-state index is 12.7. The summed E-state index contributed by atoms with van der Waals surface area (Å²) in [6.07, 6.45) is 49.5. The van der Waals surface area contributed by atoms with Crippen LogP contribution in [-0.4, -0.2) is 80.6 Å². The lowest BCUT2D eigenvalue weighted by atomic mass is 10.0. The Hall–Kier alpha value is -3.23. The molecule has 0 aliphatic rings. The van der Waals surface area contributed by atoms with Crippen molar-refractivity contribution in [3.63, 3.8) is 0 Å². The van der Waals surface area contributed by atoms with E-state index in [1.807, 2.05) is 21.1 Å². The number of hydrogen-bond donors (Lipinski definition) is 1. The first-order valence-corrected chi connectivity index (χ1v) is 22.5. The van der Waals surface area contributed by atoms with Crippen LogP contribution in [0.15, 0.2) is 72.9 Å². The zero-order valence-electron chi connectivity index (χ0n) is 37.0. The van der Waals surface area contributed by atoms with E-state index in [0.717, 1.165) is 64.2 Å². The van der Waals surface area contributed by atoms with Crippen LogP contribution in [0, 0.1) is 0 Å². The molecule has 2 atom stereocenters. The normalized spacial score (nSPS) is 13.6. The van der Waals surface area contributed by atoms with E-state index in [4.69, 9.17) is 14.2 Å². The fourth-order valence-electron chi connectivity index (χ4n) is 6.16. The molecule has 2 unspecified atom stereocenters. The third-order valence-electron chi connectivity index (χ3n) is 9.62. The number of carboxylic acids is 1. The molecule has 0 aliphatic heterocycles. The van der Waals surface area contributed by atoms with Gasteiger partial charge in [0.25, 0.3) is 0 Å². The van der Waals surface area contributed by atoms with Gasteiger partial charge in [-0.1, -0.05) is 164 Å². The van der Waals surface area contributed by atoms with Crippen molar-refractivity contribution >= 4 is 17.9 Å². The number of likely N-dealkylation sites (N-methyl/N-ethyl adjacent to an activating group) is 1. The molecule has 57 heavy (non-hydrogen) atoms. The van der Waals surface area contributed by atoms with Gasteiger partial charge in [-0.05, 0) is 57.8 Å². The minimum Gasteiger partial charge on any atom is -0.477 e. The van der Waals surface area contributed by atoms with Crippen LogP contribution in [-0.2, 0) is 28.6 Å². The monoisotopic (exact) mass is 799 g/mol. The summed E-state index contributed by atoms with van der Waals surface area (Å²) in [4.78, 5) is 37.0. The molecule has 326 valence electrons. The molecule has 8 nitrogen and oxygen atoms in total. The third-order valence-corrected chi connectivity index (χ3v) is 9.62. The van der Waals surface area contributed by atoms with Crippen molar-refractivity contribution < 1.29 is 38.2 Å². The Morgan fingerprint density at radius 1 is 0.544 bits per heavy atom. The average Bonchev–Trinajstić information content (AvgIpc) is 3.17. The lowest BCUT2D eigenvalue weighted by molar-refractivity contribution is -0.887. The number of carbonyl (C=O) groups is 3. The Morgan fingerprint density at radius 3 is 1.44 bits per heavy atom. The molecule has 0 spiro atoms. The summed E-state index contributed by atoms with van der Waals surface area (Å²) in [5.41, 5.74) is 0. The van der Waals surface area contributed by atoms with Crippen molar-refractivity contribution in [2.75, 3.05) is 41.0 Å². The quantitative estimate of drug-likeness (QED) is 0.0286. The standard InChI is InChI=1S/C49H83NO7/c1-6-8-10-12-14-16-18-20-21-22-23-24-25-26-28-29-31-33-35-37-39-47(51)56-44-45(43-55-42-41-46(49(53)54)50(3,4)5)57-48(52)40-38-36-34-32-30-27-19-17-15-13-11-9-7-2/h8,10,14,16,20-21,23-24,26,28,31,33,45-46H,6-7,9,11-13,15,17-19,22,25,27,29-30,32,34-44H2,1-5H3/p+1/b10-8+,16-14+,21-20+,24-23+,28-26+,33-31+. The second-order valence-corrected chi connectivity index (χ2v) is 15.9. The van der Waals surface area contributed by atoms with Gasteiger partial charge in [-0.2, -0.15) is 0 Å². The van der Waals surface area contributed by atoms with Gasteiger partial charge >= 0.3 is 17.9 Å². The molecule has 0 radical (unpaired) electrons. The Labute approximate surface area is 349 Å². The summed E-state index contributed by atoms with van der Waals surface area (Å²) in [6, 6.07) is -0.625. The first-order valence-electron chi connectivity index (χ1n) is 22.5. The number of carbonyl (C=O) groups excluding carboxylic acids is 2. The number of ether oxygens (including phenoxy) is 3. The van der Waals surface area contributed by atoms with Crippen molar-refractivity contribution in [3.05, 3.63) is 72.9 Å². The number of hydrogen-bond acceptors (Lipinski definition) is 6. The highest BCUT2D eigenvalue weighted by Gasteiger charge is 2.31. The minimum absolute atomic E-state index is 0.0413. The van der Waals surface area contributed by atoms with Crippen LogP contribution in [0.25, 0.3) is 0 Å². The number of carboxylic acid groups (broad SMARTS) is 1. The Morgan fingerprint density at radius 2 is 0.982 bits per heavy atom. The Balaban J connectivity index is 4.43. The maximum atomic E-state index is 12.7. The topological polar surface area (TPSA) is 99.1 Å². The van der Waals surface area contributed by atoms with E-state index in [9.17, 15) is 19.5 Å². The first-order chi connectivity index (χ1) is 27.6. The number of esters is 2. The minimum atomic E-state index is -0.884. The zero-order chi connectivity index (χ0) is 42.1. The van der Waals surface area contributed by atoms with Crippen molar-refractivity contribution in [1.29, 1.82) is 0 Å². The molecule has 0 saturated heterocycles. The summed E-state index contributed by atoms with van der Waals surface area (Å²) in [5.74, 6) is -1.55. The highest BCUT2D eigenvalue weighted by Crippen LogP contribution is 2.14. The van der Waals surface area contributed by atoms with Crippen LogP contribution in [0.5, 0.6) is 0 Å². The maximum Gasteiger partial charge on any atom is 0.362 e. The molecular formula is C49H84NO7+. The average molecular weight is 799 g/mol. The number of quaternary nitrogens is 1. The van der Waals surface area contributed by atoms with Gasteiger partial charge < -0.3 is 23.8 Å². The lowest BCUT2D eigenvalue weighted by Gasteiger charge is -2.31. The third kappa shape index (κ3) is 38.1. The number of aliphatic carboxylic acids is 1. The van der Waals surface area contributed by atoms with Crippen LogP contribution < -0.4 is 0 Å². The molecule has 0 fully saturated rings. The second kappa shape index (κ2) is 39.6. The van der Waals surface area contributed by atoms with Gasteiger partial charge in [-0.3, -0.25) is 9.59 Å². The van der Waals surface area contributed by atoms with Crippen molar-refractivity contribution in [3.8, 4) is 0 Å². The number of unbranched alkanes of at least 4 members (excludes halogenated alkanes) is 13. The molecular weight excluding hydrogens is 715 g/mol. The molecule has 0 aromatic heterocycles. The van der Waals surface area contributed by atoms with Gasteiger partial charge in [-0.15, -0.1) is 0 Å². The van der Waals surface area contributed by atoms with Crippen LogP contribution in [0.2, 0.25) is 0 Å². The van der Waals surface area contributed by atoms with Crippen molar-refractivity contribution in [1.82, 2.24) is 0 Å². The van der Waals surface area contributed by atoms with Crippen LogP contribution in [0.4, 0.5) is 0 Å². The summed E-state index contributed by atoms with van der Waals surface area (Å²) in [5, 5.41) is 9.62. The fourth-order valence-corrected chi connectivity index (χ4v) is 6.16. The second-order valence-electron chi connectivity index (χ2n) is 15.9. The molecule has 0 saturated carbocycles. The molecule has 0 heterocycles. The van der Waals surface area contributed by atoms with E-state index in [1.54, 1.807) is 0 Å². The SMILES string of the molecule is CC/C=C/C/C=C/C/C=C/C/C=C/C/C=C/C/C=C/CCCC(=O)OCC(COCCC(C(=O)O)[N+](C)(C)C)OC(=O)CCCCCCCCCCCCCCC. The smallest absolute Gasteiger partial charge is 0.362 e. The van der Waals surface area contributed by atoms with Crippen LogP contribution in [0.1, 0.15) is 168 Å². The zero-order valence-corrected chi connectivity index (χ0v) is 37.0. The van der Waals surface area contributed by atoms with E-state index < -0.39 is 18.1 Å². The summed E-state index contributed by atoms with van der Waals surface area (Å²) < 4.78 is 17.2. The molecule has 0 aliphatic carbocycles. The van der Waals surface area contributed by atoms with Gasteiger partial charge in [0.15, 0.2) is 12.1 Å². The van der Waals surface area contributed by atoms with Crippen LogP contribution in [0.3, 0.4) is 0 Å². The van der Waals surface area contributed by atoms with Gasteiger partial charge in [0, 0.05) is 19.3 Å². The molecule has 0 amide bonds.